The van der Waals surface area contributed by atoms with Crippen molar-refractivity contribution < 1.29 is 9.26 Å². The summed E-state index contributed by atoms with van der Waals surface area (Å²) in [4.78, 5) is 4.57. The molecule has 0 saturated heterocycles. The predicted molar refractivity (Wildman–Crippen MR) is 82.0 cm³/mol. The first-order valence-corrected chi connectivity index (χ1v) is 8.34. The highest BCUT2D eigenvalue weighted by molar-refractivity contribution is 5.04. The van der Waals surface area contributed by atoms with Crippen molar-refractivity contribution in [1.82, 2.24) is 10.1 Å². The number of hydrogen-bond acceptors (Lipinski definition) is 5. The minimum Gasteiger partial charge on any atom is -0.379 e. The molecule has 1 aliphatic carbocycles. The molecule has 5 nitrogen and oxygen atoms in total. The summed E-state index contributed by atoms with van der Waals surface area (Å²) in [5, 5.41) is 4.10. The summed E-state index contributed by atoms with van der Waals surface area (Å²) in [5.41, 5.74) is 5.59. The number of nitrogens with zero attached hydrogens (tertiary/aromatic N) is 2. The van der Waals surface area contributed by atoms with Crippen molar-refractivity contribution in [3.05, 3.63) is 11.7 Å². The highest BCUT2D eigenvalue weighted by Gasteiger charge is 2.29. The minimum atomic E-state index is -0.682. The van der Waals surface area contributed by atoms with Crippen LogP contribution in [0.25, 0.3) is 0 Å². The third-order valence-electron chi connectivity index (χ3n) is 4.16. The summed E-state index contributed by atoms with van der Waals surface area (Å²) in [7, 11) is 0. The van der Waals surface area contributed by atoms with Crippen LogP contribution < -0.4 is 5.73 Å². The molecule has 1 heterocycles. The van der Waals surface area contributed by atoms with Gasteiger partial charge in [0.05, 0.1) is 6.61 Å². The van der Waals surface area contributed by atoms with E-state index >= 15 is 0 Å². The summed E-state index contributed by atoms with van der Waals surface area (Å²) >= 11 is 0. The van der Waals surface area contributed by atoms with E-state index in [9.17, 15) is 0 Å². The van der Waals surface area contributed by atoms with Gasteiger partial charge in [-0.1, -0.05) is 44.2 Å². The van der Waals surface area contributed by atoms with Gasteiger partial charge in [0.15, 0.2) is 5.82 Å². The van der Waals surface area contributed by atoms with Gasteiger partial charge in [0.25, 0.3) is 0 Å². The van der Waals surface area contributed by atoms with E-state index in [1.54, 1.807) is 0 Å². The van der Waals surface area contributed by atoms with Crippen molar-refractivity contribution in [2.24, 2.45) is 5.73 Å². The molecule has 1 atom stereocenters. The lowest BCUT2D eigenvalue weighted by molar-refractivity contribution is 0.0867. The summed E-state index contributed by atoms with van der Waals surface area (Å²) < 4.78 is 11.0. The second-order valence-corrected chi connectivity index (χ2v) is 6.47. The number of ether oxygens (including phenoxy) is 1. The predicted octanol–water partition coefficient (Wildman–Crippen LogP) is 3.50. The Kier molecular flexibility index (Phi) is 6.18. The van der Waals surface area contributed by atoms with E-state index in [0.717, 1.165) is 25.2 Å². The van der Waals surface area contributed by atoms with Crippen LogP contribution in [0.1, 0.15) is 82.8 Å². The molecule has 0 bridgehead atoms. The molecule has 1 aromatic heterocycles. The van der Waals surface area contributed by atoms with Gasteiger partial charge in [-0.3, -0.25) is 0 Å². The Morgan fingerprint density at radius 1 is 1.24 bits per heavy atom. The summed E-state index contributed by atoms with van der Waals surface area (Å²) in [5.74, 6) is 1.73. The summed E-state index contributed by atoms with van der Waals surface area (Å²) in [6, 6.07) is 0. The Bertz CT molecular complexity index is 409. The molecule has 0 aliphatic heterocycles. The molecule has 1 saturated carbocycles. The Hall–Kier alpha value is -0.940. The van der Waals surface area contributed by atoms with Crippen LogP contribution in [0, 0.1) is 0 Å². The Morgan fingerprint density at radius 2 is 1.90 bits per heavy atom. The van der Waals surface area contributed by atoms with Gasteiger partial charge in [0.1, 0.15) is 5.54 Å². The second-order valence-electron chi connectivity index (χ2n) is 6.47. The number of hydrogen-bond donors (Lipinski definition) is 1. The molecule has 120 valence electrons. The molecule has 1 unspecified atom stereocenters. The van der Waals surface area contributed by atoms with Crippen LogP contribution in [-0.4, -0.2) is 23.4 Å². The molecule has 1 fully saturated rings. The second kappa shape index (κ2) is 7.90. The van der Waals surface area contributed by atoms with Gasteiger partial charge >= 0.3 is 0 Å². The van der Waals surface area contributed by atoms with E-state index in [4.69, 9.17) is 15.0 Å². The van der Waals surface area contributed by atoms with Crippen molar-refractivity contribution in [1.29, 1.82) is 0 Å². The van der Waals surface area contributed by atoms with E-state index in [-0.39, 0.29) is 0 Å². The minimum absolute atomic E-state index is 0.402. The van der Waals surface area contributed by atoms with Gasteiger partial charge in [-0.2, -0.15) is 4.98 Å². The van der Waals surface area contributed by atoms with Crippen LogP contribution in [0.3, 0.4) is 0 Å². The third-order valence-corrected chi connectivity index (χ3v) is 4.16. The molecule has 0 amide bonds. The smallest absolute Gasteiger partial charge is 0.229 e. The molecule has 0 aromatic carbocycles. The molecular weight excluding hydrogens is 266 g/mol. The molecule has 5 heteroatoms. The lowest BCUT2D eigenvalue weighted by Gasteiger charge is -2.20. The van der Waals surface area contributed by atoms with Gasteiger partial charge in [0, 0.05) is 12.5 Å². The lowest BCUT2D eigenvalue weighted by Crippen LogP contribution is -2.39. The van der Waals surface area contributed by atoms with Crippen molar-refractivity contribution in [2.45, 2.75) is 76.7 Å². The van der Waals surface area contributed by atoms with Crippen LogP contribution in [0.15, 0.2) is 4.52 Å². The zero-order chi connectivity index (χ0) is 15.1. The lowest BCUT2D eigenvalue weighted by atomic mass is 9.91. The van der Waals surface area contributed by atoms with Crippen LogP contribution in [-0.2, 0) is 10.3 Å². The molecule has 2 N–H and O–H groups in total. The number of nitrogens with two attached hydrogens (primary N) is 1. The molecule has 21 heavy (non-hydrogen) atoms. The molecule has 1 aliphatic rings. The zero-order valence-electron chi connectivity index (χ0n) is 13.4. The highest BCUT2D eigenvalue weighted by atomic mass is 16.5. The van der Waals surface area contributed by atoms with Crippen molar-refractivity contribution in [3.63, 3.8) is 0 Å². The Morgan fingerprint density at radius 3 is 2.57 bits per heavy atom. The highest BCUT2D eigenvalue weighted by Crippen LogP contribution is 2.30. The van der Waals surface area contributed by atoms with E-state index < -0.39 is 5.54 Å². The normalized spacial score (nSPS) is 20.7. The fourth-order valence-electron chi connectivity index (χ4n) is 2.83. The van der Waals surface area contributed by atoms with Gasteiger partial charge in [-0.15, -0.1) is 0 Å². The van der Waals surface area contributed by atoms with Gasteiger partial charge in [-0.05, 0) is 26.2 Å². The summed E-state index contributed by atoms with van der Waals surface area (Å²) in [6.45, 7) is 5.11. The van der Waals surface area contributed by atoms with Gasteiger partial charge in [0.2, 0.25) is 5.89 Å². The van der Waals surface area contributed by atoms with E-state index in [2.05, 4.69) is 17.1 Å². The maximum atomic E-state index is 6.27. The fraction of sp³-hybridized carbons (Fsp3) is 0.875. The van der Waals surface area contributed by atoms with Crippen LogP contribution in [0.5, 0.6) is 0 Å². The molecule has 0 radical (unpaired) electrons. The van der Waals surface area contributed by atoms with Gasteiger partial charge in [-0.25, -0.2) is 0 Å². The molecule has 1 aromatic rings. The Labute approximate surface area is 127 Å². The maximum Gasteiger partial charge on any atom is 0.229 e. The first-order chi connectivity index (χ1) is 10.1. The van der Waals surface area contributed by atoms with Crippen molar-refractivity contribution in [2.75, 3.05) is 13.2 Å². The summed E-state index contributed by atoms with van der Waals surface area (Å²) in [6.07, 6.45) is 9.77. The standard InChI is InChI=1S/C16H29N3O2/c1-3-11-20-12-16(2,17)15-18-14(21-19-15)13-9-7-5-4-6-8-10-13/h13H,3-12,17H2,1-2H3. The largest absolute Gasteiger partial charge is 0.379 e. The first-order valence-electron chi connectivity index (χ1n) is 8.34. The Balaban J connectivity index is 1.98. The van der Waals surface area contributed by atoms with E-state index in [1.165, 1.54) is 32.1 Å². The first kappa shape index (κ1) is 16.4. The average Bonchev–Trinajstić information content (AvgIpc) is 2.89. The van der Waals surface area contributed by atoms with Crippen LogP contribution >= 0.6 is 0 Å². The van der Waals surface area contributed by atoms with Crippen LogP contribution in [0.4, 0.5) is 0 Å². The quantitative estimate of drug-likeness (QED) is 0.813. The topological polar surface area (TPSA) is 74.2 Å². The monoisotopic (exact) mass is 295 g/mol. The zero-order valence-corrected chi connectivity index (χ0v) is 13.4. The van der Waals surface area contributed by atoms with Crippen molar-refractivity contribution >= 4 is 0 Å². The molecule has 2 rings (SSSR count). The average molecular weight is 295 g/mol. The van der Waals surface area contributed by atoms with Crippen LogP contribution in [0.2, 0.25) is 0 Å². The van der Waals surface area contributed by atoms with Gasteiger partial charge < -0.3 is 15.0 Å². The van der Waals surface area contributed by atoms with E-state index in [1.807, 2.05) is 6.92 Å². The molecular formula is C16H29N3O2. The fourth-order valence-corrected chi connectivity index (χ4v) is 2.83. The number of rotatable bonds is 6. The van der Waals surface area contributed by atoms with Crippen molar-refractivity contribution in [3.8, 4) is 0 Å². The maximum absolute atomic E-state index is 6.27. The number of aromatic nitrogens is 2. The SMILES string of the molecule is CCCOCC(C)(N)c1noc(C2CCCCCCC2)n1. The third kappa shape index (κ3) is 4.78. The van der Waals surface area contributed by atoms with E-state index in [0.29, 0.717) is 25.0 Å². The molecule has 0 spiro atoms.